The van der Waals surface area contributed by atoms with Gasteiger partial charge in [-0.3, -0.25) is 18.9 Å². The number of H-pyrrole nitrogens is 1. The van der Waals surface area contributed by atoms with Gasteiger partial charge in [0.05, 0.1) is 23.6 Å². The molecule has 1 saturated carbocycles. The van der Waals surface area contributed by atoms with Crippen LogP contribution in [0.3, 0.4) is 0 Å². The van der Waals surface area contributed by atoms with Gasteiger partial charge in [-0.15, -0.1) is 0 Å². The lowest BCUT2D eigenvalue weighted by Gasteiger charge is -2.31. The first-order chi connectivity index (χ1) is 23.4. The van der Waals surface area contributed by atoms with E-state index < -0.39 is 5.76 Å². The molecule has 0 amide bonds. The zero-order chi connectivity index (χ0) is 33.6. The lowest BCUT2D eigenvalue weighted by atomic mass is 9.83. The minimum atomic E-state index is -0.599. The number of hydrogen-bond acceptors (Lipinski definition) is 7. The Hall–Kier alpha value is -4.76. The zero-order valence-electron chi connectivity index (χ0n) is 27.9. The van der Waals surface area contributed by atoms with Gasteiger partial charge in [0, 0.05) is 24.0 Å². The Morgan fingerprint density at radius 3 is 2.27 bits per heavy atom. The molecular formula is C39H44N4O5. The Morgan fingerprint density at radius 1 is 0.938 bits per heavy atom. The van der Waals surface area contributed by atoms with Gasteiger partial charge in [-0.25, -0.2) is 9.78 Å². The molecule has 2 heterocycles. The van der Waals surface area contributed by atoms with Gasteiger partial charge >= 0.3 is 5.76 Å². The molecule has 1 aliphatic rings. The maximum absolute atomic E-state index is 14.3. The first-order valence-corrected chi connectivity index (χ1v) is 17.2. The van der Waals surface area contributed by atoms with Crippen LogP contribution in [0.2, 0.25) is 0 Å². The van der Waals surface area contributed by atoms with Crippen LogP contribution in [0.15, 0.2) is 86.9 Å². The molecule has 0 radical (unpaired) electrons. The molecule has 2 N–H and O–H groups in total. The number of aromatic amines is 1. The zero-order valence-corrected chi connectivity index (χ0v) is 27.9. The van der Waals surface area contributed by atoms with Gasteiger partial charge in [-0.1, -0.05) is 80.9 Å². The highest BCUT2D eigenvalue weighted by molar-refractivity contribution is 5.80. The van der Waals surface area contributed by atoms with E-state index in [2.05, 4.69) is 17.1 Å². The van der Waals surface area contributed by atoms with Crippen molar-refractivity contribution in [3.05, 3.63) is 116 Å². The van der Waals surface area contributed by atoms with Gasteiger partial charge in [0.1, 0.15) is 11.6 Å². The van der Waals surface area contributed by atoms with Crippen molar-refractivity contribution in [1.29, 1.82) is 0 Å². The minimum absolute atomic E-state index is 0.0452. The highest BCUT2D eigenvalue weighted by atomic mass is 16.5. The molecule has 48 heavy (non-hydrogen) atoms. The summed E-state index contributed by atoms with van der Waals surface area (Å²) in [6.45, 7) is 6.17. The predicted molar refractivity (Wildman–Crippen MR) is 187 cm³/mol. The van der Waals surface area contributed by atoms with E-state index in [4.69, 9.17) is 14.2 Å². The number of aliphatic hydroxyl groups is 1. The van der Waals surface area contributed by atoms with Crippen LogP contribution in [-0.2, 0) is 19.3 Å². The lowest BCUT2D eigenvalue weighted by Crippen LogP contribution is -2.30. The van der Waals surface area contributed by atoms with E-state index in [1.54, 1.807) is 4.57 Å². The smallest absolute Gasteiger partial charge is 0.439 e. The van der Waals surface area contributed by atoms with Crippen molar-refractivity contribution >= 4 is 0 Å². The quantitative estimate of drug-likeness (QED) is 0.149. The third-order valence-corrected chi connectivity index (χ3v) is 9.48. The molecule has 9 heteroatoms. The monoisotopic (exact) mass is 648 g/mol. The lowest BCUT2D eigenvalue weighted by molar-refractivity contribution is 0.0486. The van der Waals surface area contributed by atoms with Crippen molar-refractivity contribution in [2.75, 3.05) is 0 Å². The maximum Gasteiger partial charge on any atom is 0.439 e. The summed E-state index contributed by atoms with van der Waals surface area (Å²) in [6, 6.07) is 23.6. The van der Waals surface area contributed by atoms with Gasteiger partial charge in [0.25, 0.3) is 5.56 Å². The number of hydrogen-bond donors (Lipinski definition) is 2. The molecule has 1 aliphatic carbocycles. The average Bonchev–Trinajstić information content (AvgIpc) is 3.56. The molecule has 5 aromatic rings. The molecule has 1 fully saturated rings. The Morgan fingerprint density at radius 2 is 1.65 bits per heavy atom. The number of aromatic nitrogens is 4. The summed E-state index contributed by atoms with van der Waals surface area (Å²) in [5.41, 5.74) is 5.91. The van der Waals surface area contributed by atoms with Crippen molar-refractivity contribution in [2.24, 2.45) is 5.92 Å². The molecule has 6 rings (SSSR count). The third kappa shape index (κ3) is 7.21. The second kappa shape index (κ2) is 15.0. The summed E-state index contributed by atoms with van der Waals surface area (Å²) in [5.74, 6) is 1.67. The summed E-state index contributed by atoms with van der Waals surface area (Å²) in [7, 11) is 0. The number of nitrogens with zero attached hydrogens (tertiary/aromatic N) is 3. The van der Waals surface area contributed by atoms with Crippen molar-refractivity contribution in [1.82, 2.24) is 19.7 Å². The van der Waals surface area contributed by atoms with Gasteiger partial charge < -0.3 is 9.84 Å². The van der Waals surface area contributed by atoms with Crippen LogP contribution >= 0.6 is 0 Å². The van der Waals surface area contributed by atoms with E-state index in [1.807, 2.05) is 86.6 Å². The van der Waals surface area contributed by atoms with E-state index in [9.17, 15) is 14.7 Å². The first kappa shape index (κ1) is 33.2. The van der Waals surface area contributed by atoms with Gasteiger partial charge in [-0.05, 0) is 85.4 Å². The Kier molecular flexibility index (Phi) is 10.3. The topological polar surface area (TPSA) is 123 Å². The molecule has 1 unspecified atom stereocenters. The highest BCUT2D eigenvalue weighted by Gasteiger charge is 2.26. The standard InChI is InChI=1S/C39H44N4O5/c1-4-9-34-33(24-25-12-14-26(15-13-25)31-10-7-8-11-32(31)37-41-39(46)48-42-37)38(45)43(36(6-3)40-34)28-18-22-30(23-19-28)47-29-20-16-27(17-21-29)35(44)5-2/h7-8,10-15,18-19,22-23,27,29,35,44H,4-6,9,16-17,20-21,24H2,1-3H3,(H,41,42,46). The summed E-state index contributed by atoms with van der Waals surface area (Å²) in [4.78, 5) is 33.5. The van der Waals surface area contributed by atoms with E-state index in [-0.39, 0.29) is 17.8 Å². The fourth-order valence-corrected chi connectivity index (χ4v) is 6.86. The number of rotatable bonds is 12. The van der Waals surface area contributed by atoms with Crippen LogP contribution in [0.4, 0.5) is 0 Å². The van der Waals surface area contributed by atoms with Crippen molar-refractivity contribution in [2.45, 2.75) is 90.8 Å². The molecule has 1 atom stereocenters. The van der Waals surface area contributed by atoms with Gasteiger partial charge in [0.2, 0.25) is 0 Å². The summed E-state index contributed by atoms with van der Waals surface area (Å²) in [5, 5.41) is 14.1. The third-order valence-electron chi connectivity index (χ3n) is 9.48. The maximum atomic E-state index is 14.3. The van der Waals surface area contributed by atoms with Crippen LogP contribution in [0, 0.1) is 5.92 Å². The number of aliphatic hydroxyl groups excluding tert-OH is 1. The second-order valence-electron chi connectivity index (χ2n) is 12.7. The molecule has 3 aromatic carbocycles. The Balaban J connectivity index is 1.24. The van der Waals surface area contributed by atoms with E-state index in [1.165, 1.54) is 0 Å². The minimum Gasteiger partial charge on any atom is -0.490 e. The normalized spacial score (nSPS) is 16.9. The Bertz CT molecular complexity index is 1930. The van der Waals surface area contributed by atoms with Gasteiger partial charge in [-0.2, -0.15) is 0 Å². The molecule has 0 bridgehead atoms. The van der Waals surface area contributed by atoms with Crippen LogP contribution < -0.4 is 16.1 Å². The highest BCUT2D eigenvalue weighted by Crippen LogP contribution is 2.32. The summed E-state index contributed by atoms with van der Waals surface area (Å²) in [6.07, 6.45) is 7.24. The van der Waals surface area contributed by atoms with Crippen LogP contribution in [0.25, 0.3) is 28.2 Å². The average molecular weight is 649 g/mol. The Labute approximate surface area is 280 Å². The van der Waals surface area contributed by atoms with E-state index >= 15 is 0 Å². The van der Waals surface area contributed by atoms with Crippen LogP contribution in [-0.4, -0.2) is 37.0 Å². The van der Waals surface area contributed by atoms with Gasteiger partial charge in [0.15, 0.2) is 5.82 Å². The molecule has 9 nitrogen and oxygen atoms in total. The number of aryl methyl sites for hydroxylation is 2. The molecule has 0 aliphatic heterocycles. The summed E-state index contributed by atoms with van der Waals surface area (Å²) >= 11 is 0. The largest absolute Gasteiger partial charge is 0.490 e. The number of ether oxygens (including phenoxy) is 1. The van der Waals surface area contributed by atoms with Crippen LogP contribution in [0.5, 0.6) is 5.75 Å². The fourth-order valence-electron chi connectivity index (χ4n) is 6.86. The SMILES string of the molecule is CCCc1nc(CC)n(-c2ccc(OC3CCC(C(O)CC)CC3)cc2)c(=O)c1Cc1ccc(-c2ccccc2-c2noc(=O)[nH]2)cc1. The molecular weight excluding hydrogens is 604 g/mol. The summed E-state index contributed by atoms with van der Waals surface area (Å²) < 4.78 is 12.8. The van der Waals surface area contributed by atoms with E-state index in [0.717, 1.165) is 90.2 Å². The molecule has 0 spiro atoms. The van der Waals surface area contributed by atoms with Crippen molar-refractivity contribution < 1.29 is 14.4 Å². The first-order valence-electron chi connectivity index (χ1n) is 17.2. The van der Waals surface area contributed by atoms with Crippen molar-refractivity contribution in [3.63, 3.8) is 0 Å². The second-order valence-corrected chi connectivity index (χ2v) is 12.7. The number of nitrogens with one attached hydrogen (secondary N) is 1. The van der Waals surface area contributed by atoms with Crippen LogP contribution in [0.1, 0.15) is 81.9 Å². The van der Waals surface area contributed by atoms with Crippen molar-refractivity contribution in [3.8, 4) is 34.0 Å². The fraction of sp³-hybridized carbons (Fsp3) is 0.385. The predicted octanol–water partition coefficient (Wildman–Crippen LogP) is 7.06. The molecule has 250 valence electrons. The molecule has 0 saturated heterocycles. The molecule has 2 aromatic heterocycles. The van der Waals surface area contributed by atoms with E-state index in [0.29, 0.717) is 30.1 Å². The number of benzene rings is 3.